The average molecular weight is 613 g/mol. The Bertz CT molecular complexity index is 1490. The SMILES string of the molecule is CC(C)CN(C(=O)C=Cc1cccc(OC(F)(F)F)c1)[C@@H]1CC[C@@]2(O)[C@H]3Cc4ccc(O)c5c4[C@@]2(CCN3CC2CC2)[C@H]1O5. The predicted molar refractivity (Wildman–Crippen MR) is 157 cm³/mol. The Balaban J connectivity index is 1.23. The van der Waals surface area contributed by atoms with Crippen molar-refractivity contribution >= 4 is 12.0 Å². The van der Waals surface area contributed by atoms with Crippen LogP contribution >= 0.6 is 0 Å². The second-order valence-corrected chi connectivity index (χ2v) is 13.7. The normalized spacial score (nSPS) is 30.8. The van der Waals surface area contributed by atoms with Crippen LogP contribution in [0.25, 0.3) is 6.08 Å². The van der Waals surface area contributed by atoms with Gasteiger partial charge >= 0.3 is 6.36 Å². The minimum absolute atomic E-state index is 0.0510. The first-order valence-corrected chi connectivity index (χ1v) is 15.7. The van der Waals surface area contributed by atoms with Gasteiger partial charge in [-0.15, -0.1) is 13.2 Å². The lowest BCUT2D eigenvalue weighted by atomic mass is 9.48. The Morgan fingerprint density at radius 3 is 2.73 bits per heavy atom. The number of amides is 1. The fourth-order valence-corrected chi connectivity index (χ4v) is 8.64. The molecule has 0 radical (unpaired) electrons. The van der Waals surface area contributed by atoms with Crippen LogP contribution in [0.3, 0.4) is 0 Å². The van der Waals surface area contributed by atoms with Gasteiger partial charge in [0.1, 0.15) is 11.9 Å². The summed E-state index contributed by atoms with van der Waals surface area (Å²) in [4.78, 5) is 18.2. The van der Waals surface area contributed by atoms with E-state index in [1.807, 2.05) is 19.9 Å². The summed E-state index contributed by atoms with van der Waals surface area (Å²) in [5.41, 5.74) is 0.586. The minimum atomic E-state index is -4.81. The summed E-state index contributed by atoms with van der Waals surface area (Å²) < 4.78 is 49.0. The van der Waals surface area contributed by atoms with E-state index in [0.717, 1.165) is 24.2 Å². The zero-order valence-corrected chi connectivity index (χ0v) is 25.0. The molecule has 1 spiro atoms. The van der Waals surface area contributed by atoms with Crippen LogP contribution in [0.2, 0.25) is 0 Å². The molecule has 5 atom stereocenters. The molecule has 7 nitrogen and oxygen atoms in total. The molecule has 2 heterocycles. The number of carbonyl (C=O) groups excluding carboxylic acids is 1. The van der Waals surface area contributed by atoms with Crippen molar-refractivity contribution in [2.75, 3.05) is 19.6 Å². The van der Waals surface area contributed by atoms with Gasteiger partial charge in [-0.2, -0.15) is 0 Å². The van der Waals surface area contributed by atoms with E-state index in [2.05, 4.69) is 9.64 Å². The molecule has 44 heavy (non-hydrogen) atoms. The Kier molecular flexibility index (Phi) is 6.97. The maximum Gasteiger partial charge on any atom is 0.573 e. The van der Waals surface area contributed by atoms with Crippen LogP contribution in [-0.4, -0.2) is 75.7 Å². The Morgan fingerprint density at radius 2 is 2.00 bits per heavy atom. The monoisotopic (exact) mass is 612 g/mol. The largest absolute Gasteiger partial charge is 0.573 e. The number of alkyl halides is 3. The molecule has 0 unspecified atom stereocenters. The summed E-state index contributed by atoms with van der Waals surface area (Å²) in [7, 11) is 0. The molecular weight excluding hydrogens is 573 g/mol. The summed E-state index contributed by atoms with van der Waals surface area (Å²) in [5, 5.41) is 23.7. The van der Waals surface area contributed by atoms with Crippen molar-refractivity contribution in [1.29, 1.82) is 0 Å². The van der Waals surface area contributed by atoms with Gasteiger partial charge in [-0.1, -0.05) is 32.0 Å². The second-order valence-electron chi connectivity index (χ2n) is 13.7. The first-order chi connectivity index (χ1) is 20.9. The van der Waals surface area contributed by atoms with Crippen LogP contribution in [0.1, 0.15) is 62.6 Å². The van der Waals surface area contributed by atoms with Gasteiger partial charge < -0.3 is 24.6 Å². The number of rotatable bonds is 8. The highest BCUT2D eigenvalue weighted by Gasteiger charge is 2.73. The molecule has 3 aliphatic carbocycles. The number of likely N-dealkylation sites (tertiary alicyclic amines) is 1. The lowest BCUT2D eigenvalue weighted by molar-refractivity contribution is -0.274. The Morgan fingerprint density at radius 1 is 1.20 bits per heavy atom. The van der Waals surface area contributed by atoms with Gasteiger partial charge in [-0.3, -0.25) is 9.69 Å². The van der Waals surface area contributed by atoms with Gasteiger partial charge in [0.05, 0.1) is 17.1 Å². The van der Waals surface area contributed by atoms with E-state index in [1.54, 1.807) is 17.0 Å². The van der Waals surface area contributed by atoms with Crippen molar-refractivity contribution in [3.8, 4) is 17.2 Å². The number of carbonyl (C=O) groups is 1. The van der Waals surface area contributed by atoms with E-state index < -0.39 is 23.5 Å². The number of aromatic hydroxyl groups is 1. The molecule has 1 amide bonds. The van der Waals surface area contributed by atoms with Crippen LogP contribution in [-0.2, 0) is 16.6 Å². The number of benzene rings is 2. The number of hydrogen-bond acceptors (Lipinski definition) is 6. The molecule has 236 valence electrons. The molecule has 2 aromatic rings. The lowest BCUT2D eigenvalue weighted by Gasteiger charge is -2.65. The van der Waals surface area contributed by atoms with Crippen LogP contribution in [0.4, 0.5) is 13.2 Å². The van der Waals surface area contributed by atoms with E-state index in [0.29, 0.717) is 49.5 Å². The summed E-state index contributed by atoms with van der Waals surface area (Å²) in [6.07, 6.45) is 2.39. The minimum Gasteiger partial charge on any atom is -0.504 e. The van der Waals surface area contributed by atoms with Crippen LogP contribution in [0.15, 0.2) is 42.5 Å². The van der Waals surface area contributed by atoms with Gasteiger partial charge in [-0.05, 0) is 92.3 Å². The quantitative estimate of drug-likeness (QED) is 0.388. The van der Waals surface area contributed by atoms with Crippen molar-refractivity contribution in [1.82, 2.24) is 9.80 Å². The number of phenolic OH excluding ortho intramolecular Hbond substituents is 1. The van der Waals surface area contributed by atoms with Gasteiger partial charge in [0.2, 0.25) is 5.91 Å². The zero-order chi connectivity index (χ0) is 31.0. The summed E-state index contributed by atoms with van der Waals surface area (Å²) in [6, 6.07) is 8.72. The van der Waals surface area contributed by atoms with E-state index in [4.69, 9.17) is 4.74 Å². The standard InChI is InChI=1S/C34H39F3N2O5/c1-20(2)18-39(28(41)11-8-21-4-3-5-24(16-21)44-34(35,36)37)25-12-13-33(42)27-17-23-9-10-26(40)30-29(23)32(33,31(25)43-30)14-15-38(27)19-22-6-7-22/h3-5,8-11,16,20,22,25,27,31,40,42H,6-7,12-15,17-19H2,1-2H3/t25-,27-,31+,32+,33-/m1/s1. The van der Waals surface area contributed by atoms with E-state index in [-0.39, 0.29) is 35.4 Å². The Labute approximate surface area is 255 Å². The molecular formula is C34H39F3N2O5. The highest BCUT2D eigenvalue weighted by molar-refractivity contribution is 5.92. The first-order valence-electron chi connectivity index (χ1n) is 15.7. The van der Waals surface area contributed by atoms with Crippen molar-refractivity contribution in [2.45, 2.75) is 87.9 Å². The van der Waals surface area contributed by atoms with Crippen LogP contribution < -0.4 is 9.47 Å². The van der Waals surface area contributed by atoms with E-state index >= 15 is 0 Å². The second kappa shape index (κ2) is 10.4. The number of hydrogen-bond donors (Lipinski definition) is 2. The molecule has 2 aromatic carbocycles. The number of halogens is 3. The van der Waals surface area contributed by atoms with Crippen molar-refractivity contribution in [3.63, 3.8) is 0 Å². The molecule has 5 aliphatic rings. The van der Waals surface area contributed by atoms with E-state index in [9.17, 15) is 28.2 Å². The van der Waals surface area contributed by atoms with Crippen LogP contribution in [0.5, 0.6) is 17.2 Å². The molecule has 2 saturated carbocycles. The highest BCUT2D eigenvalue weighted by atomic mass is 19.4. The third kappa shape index (κ3) is 4.76. The fraction of sp³-hybridized carbons (Fsp3) is 0.559. The fourth-order valence-electron chi connectivity index (χ4n) is 8.64. The molecule has 2 aliphatic heterocycles. The summed E-state index contributed by atoms with van der Waals surface area (Å²) >= 11 is 0. The topological polar surface area (TPSA) is 82.5 Å². The number of phenols is 1. The molecule has 0 aromatic heterocycles. The average Bonchev–Trinajstić information content (AvgIpc) is 3.70. The van der Waals surface area contributed by atoms with Gasteiger partial charge in [0, 0.05) is 30.8 Å². The van der Waals surface area contributed by atoms with Gasteiger partial charge in [-0.25, -0.2) is 0 Å². The molecule has 10 heteroatoms. The lowest BCUT2D eigenvalue weighted by Crippen LogP contribution is -2.78. The van der Waals surface area contributed by atoms with Crippen molar-refractivity contribution < 1.29 is 37.7 Å². The van der Waals surface area contributed by atoms with Crippen molar-refractivity contribution in [2.24, 2.45) is 11.8 Å². The first kappa shape index (κ1) is 29.5. The third-order valence-electron chi connectivity index (χ3n) is 10.5. The number of aliphatic hydroxyl groups is 1. The number of piperidine rings is 1. The number of nitrogens with zero attached hydrogens (tertiary/aromatic N) is 2. The number of ether oxygens (including phenoxy) is 2. The maximum absolute atomic E-state index is 13.9. The zero-order valence-electron chi connectivity index (χ0n) is 25.0. The molecule has 2 bridgehead atoms. The third-order valence-corrected chi connectivity index (χ3v) is 10.5. The molecule has 3 fully saturated rings. The van der Waals surface area contributed by atoms with Gasteiger partial charge in [0.15, 0.2) is 11.5 Å². The summed E-state index contributed by atoms with van der Waals surface area (Å²) in [6.45, 7) is 6.29. The molecule has 7 rings (SSSR count). The molecule has 2 N–H and O–H groups in total. The van der Waals surface area contributed by atoms with Gasteiger partial charge in [0.25, 0.3) is 0 Å². The summed E-state index contributed by atoms with van der Waals surface area (Å²) in [5.74, 6) is 0.653. The van der Waals surface area contributed by atoms with E-state index in [1.165, 1.54) is 43.2 Å². The predicted octanol–water partition coefficient (Wildman–Crippen LogP) is 5.42. The van der Waals surface area contributed by atoms with Crippen molar-refractivity contribution in [3.05, 3.63) is 59.2 Å². The van der Waals surface area contributed by atoms with Crippen LogP contribution in [0, 0.1) is 11.8 Å². The Hall–Kier alpha value is -3.24. The smallest absolute Gasteiger partial charge is 0.504 e. The maximum atomic E-state index is 13.9. The highest BCUT2D eigenvalue weighted by Crippen LogP contribution is 2.66. The molecule has 1 saturated heterocycles.